The standard InChI is InChI=1S/C20H14Cl2N2OS/c21-16-10-9-14(13-17(16)22)19(25)18(24-11-5-2-6-12-24)20(26)23-15-7-3-1-4-8-15/h1-13H,(H-,23,25,26). The van der Waals surface area contributed by atoms with Crippen LogP contribution in [0.15, 0.2) is 79.1 Å². The molecule has 1 N–H and O–H groups in total. The van der Waals surface area contributed by atoms with Crippen molar-refractivity contribution in [2.75, 3.05) is 5.32 Å². The van der Waals surface area contributed by atoms with Gasteiger partial charge in [-0.05, 0) is 35.6 Å². The molecule has 0 unspecified atom stereocenters. The summed E-state index contributed by atoms with van der Waals surface area (Å²) in [6.45, 7) is 0. The molecule has 0 aliphatic carbocycles. The van der Waals surface area contributed by atoms with E-state index in [1.807, 2.05) is 48.5 Å². The average Bonchev–Trinajstić information content (AvgIpc) is 2.66. The van der Waals surface area contributed by atoms with Crippen molar-refractivity contribution in [2.45, 2.75) is 0 Å². The Bertz CT molecular complexity index is 960. The van der Waals surface area contributed by atoms with Gasteiger partial charge in [-0.2, -0.15) is 4.57 Å². The number of anilines is 1. The Balaban J connectivity index is 2.08. The summed E-state index contributed by atoms with van der Waals surface area (Å²) >= 11 is 17.6. The number of pyridine rings is 1. The fourth-order valence-corrected chi connectivity index (χ4v) is 2.99. The highest BCUT2D eigenvalue weighted by Crippen LogP contribution is 2.26. The minimum absolute atomic E-state index is 0.256. The van der Waals surface area contributed by atoms with Crippen molar-refractivity contribution in [3.05, 3.63) is 94.7 Å². The molecule has 0 radical (unpaired) electrons. The van der Waals surface area contributed by atoms with Crippen LogP contribution in [0.4, 0.5) is 5.69 Å². The van der Waals surface area contributed by atoms with Gasteiger partial charge in [0, 0.05) is 17.8 Å². The summed E-state index contributed by atoms with van der Waals surface area (Å²) < 4.78 is 1.68. The molecule has 26 heavy (non-hydrogen) atoms. The number of nitrogens with zero attached hydrogens (tertiary/aromatic N) is 1. The SMILES string of the molecule is [O-]C(=C(C(=S)Nc1ccccc1)[n+]1ccccc1)c1ccc(Cl)c(Cl)c1. The molecule has 0 fully saturated rings. The quantitative estimate of drug-likeness (QED) is 0.305. The van der Waals surface area contributed by atoms with Crippen LogP contribution in [-0.2, 0) is 0 Å². The van der Waals surface area contributed by atoms with Crippen LogP contribution < -0.4 is 15.0 Å². The molecule has 1 heterocycles. The van der Waals surface area contributed by atoms with Crippen LogP contribution in [0.3, 0.4) is 0 Å². The number of thiocarbonyl (C=S) groups is 1. The van der Waals surface area contributed by atoms with E-state index in [1.165, 1.54) is 0 Å². The van der Waals surface area contributed by atoms with E-state index in [9.17, 15) is 5.11 Å². The molecule has 3 nitrogen and oxygen atoms in total. The fourth-order valence-electron chi connectivity index (χ4n) is 2.37. The minimum Gasteiger partial charge on any atom is -0.867 e. The van der Waals surface area contributed by atoms with Gasteiger partial charge in [0.1, 0.15) is 0 Å². The number of rotatable bonds is 4. The Kier molecular flexibility index (Phi) is 5.89. The Morgan fingerprint density at radius 2 is 1.54 bits per heavy atom. The molecule has 6 heteroatoms. The molecule has 0 aliphatic rings. The van der Waals surface area contributed by atoms with Gasteiger partial charge in [-0.1, -0.05) is 65.8 Å². The summed E-state index contributed by atoms with van der Waals surface area (Å²) in [7, 11) is 0. The van der Waals surface area contributed by atoms with E-state index in [2.05, 4.69) is 5.32 Å². The summed E-state index contributed by atoms with van der Waals surface area (Å²) in [6.07, 6.45) is 3.54. The molecule has 3 rings (SSSR count). The molecule has 0 saturated heterocycles. The Hall–Kier alpha value is -2.40. The Morgan fingerprint density at radius 3 is 2.19 bits per heavy atom. The van der Waals surface area contributed by atoms with Crippen molar-refractivity contribution >= 4 is 57.6 Å². The predicted molar refractivity (Wildman–Crippen MR) is 109 cm³/mol. The average molecular weight is 401 g/mol. The maximum atomic E-state index is 13.2. The zero-order chi connectivity index (χ0) is 18.5. The number of hydrogen-bond acceptors (Lipinski definition) is 2. The summed E-state index contributed by atoms with van der Waals surface area (Å²) in [5.41, 5.74) is 1.53. The van der Waals surface area contributed by atoms with Crippen molar-refractivity contribution in [3.8, 4) is 0 Å². The maximum absolute atomic E-state index is 13.2. The lowest BCUT2D eigenvalue weighted by Gasteiger charge is -2.17. The van der Waals surface area contributed by atoms with Gasteiger partial charge in [-0.3, -0.25) is 0 Å². The normalized spacial score (nSPS) is 11.6. The van der Waals surface area contributed by atoms with Crippen LogP contribution in [-0.4, -0.2) is 4.99 Å². The smallest absolute Gasteiger partial charge is 0.238 e. The van der Waals surface area contributed by atoms with Crippen molar-refractivity contribution < 1.29 is 9.67 Å². The summed E-state index contributed by atoms with van der Waals surface area (Å²) in [4.78, 5) is 0.309. The second-order valence-corrected chi connectivity index (χ2v) is 6.63. The molecular formula is C20H14Cl2N2OS. The van der Waals surface area contributed by atoms with Crippen LogP contribution >= 0.6 is 35.4 Å². The number of halogens is 2. The lowest BCUT2D eigenvalue weighted by atomic mass is 10.1. The molecule has 130 valence electrons. The molecular weight excluding hydrogens is 387 g/mol. The highest BCUT2D eigenvalue weighted by Gasteiger charge is 2.18. The third kappa shape index (κ3) is 4.22. The van der Waals surface area contributed by atoms with Gasteiger partial charge in [0.05, 0.1) is 10.0 Å². The van der Waals surface area contributed by atoms with Crippen molar-refractivity contribution in [1.82, 2.24) is 0 Å². The highest BCUT2D eigenvalue weighted by atomic mass is 35.5. The Morgan fingerprint density at radius 1 is 0.885 bits per heavy atom. The monoisotopic (exact) mass is 400 g/mol. The van der Waals surface area contributed by atoms with Gasteiger partial charge in [0.2, 0.25) is 5.70 Å². The number of para-hydroxylation sites is 1. The maximum Gasteiger partial charge on any atom is 0.238 e. The largest absolute Gasteiger partial charge is 0.867 e. The van der Waals surface area contributed by atoms with Gasteiger partial charge in [0.15, 0.2) is 17.4 Å². The van der Waals surface area contributed by atoms with Crippen LogP contribution in [0.2, 0.25) is 10.0 Å². The molecule has 1 aromatic heterocycles. The van der Waals surface area contributed by atoms with Gasteiger partial charge in [-0.15, -0.1) is 0 Å². The topological polar surface area (TPSA) is 39.0 Å². The number of benzene rings is 2. The molecule has 0 spiro atoms. The third-order valence-corrected chi connectivity index (χ3v) is 4.65. The predicted octanol–water partition coefficient (Wildman–Crippen LogP) is 4.41. The summed E-state index contributed by atoms with van der Waals surface area (Å²) in [5.74, 6) is -0.256. The first kappa shape index (κ1) is 18.4. The van der Waals surface area contributed by atoms with Crippen LogP contribution in [0.5, 0.6) is 0 Å². The first-order valence-corrected chi connectivity index (χ1v) is 8.92. The molecule has 0 atom stereocenters. The van der Waals surface area contributed by atoms with E-state index in [-0.39, 0.29) is 5.76 Å². The lowest BCUT2D eigenvalue weighted by Crippen LogP contribution is -2.39. The number of hydrogen-bond donors (Lipinski definition) is 1. The van der Waals surface area contributed by atoms with Gasteiger partial charge in [0.25, 0.3) is 0 Å². The van der Waals surface area contributed by atoms with Gasteiger partial charge < -0.3 is 10.4 Å². The molecule has 0 aliphatic heterocycles. The van der Waals surface area contributed by atoms with Crippen LogP contribution in [0.1, 0.15) is 5.56 Å². The molecule has 0 saturated carbocycles. The van der Waals surface area contributed by atoms with Gasteiger partial charge >= 0.3 is 0 Å². The fraction of sp³-hybridized carbons (Fsp3) is 0. The summed E-state index contributed by atoms with van der Waals surface area (Å²) in [6, 6.07) is 19.7. The molecule has 2 aromatic carbocycles. The van der Waals surface area contributed by atoms with Crippen LogP contribution in [0.25, 0.3) is 11.5 Å². The second-order valence-electron chi connectivity index (χ2n) is 5.41. The molecule has 0 bridgehead atoms. The van der Waals surface area contributed by atoms with Crippen molar-refractivity contribution in [1.29, 1.82) is 0 Å². The third-order valence-electron chi connectivity index (χ3n) is 3.62. The van der Waals surface area contributed by atoms with E-state index in [0.29, 0.717) is 26.3 Å². The van der Waals surface area contributed by atoms with E-state index in [4.69, 9.17) is 35.4 Å². The van der Waals surface area contributed by atoms with E-state index in [1.54, 1.807) is 35.2 Å². The Labute approximate surface area is 167 Å². The minimum atomic E-state index is -0.256. The first-order chi connectivity index (χ1) is 12.6. The van der Waals surface area contributed by atoms with Gasteiger partial charge in [-0.25, -0.2) is 0 Å². The lowest BCUT2D eigenvalue weighted by molar-refractivity contribution is -0.577. The number of nitrogens with one attached hydrogen (secondary N) is 1. The van der Waals surface area contributed by atoms with E-state index < -0.39 is 0 Å². The van der Waals surface area contributed by atoms with E-state index in [0.717, 1.165) is 5.69 Å². The van der Waals surface area contributed by atoms with Crippen LogP contribution in [0, 0.1) is 0 Å². The number of aromatic nitrogens is 1. The van der Waals surface area contributed by atoms with Crippen molar-refractivity contribution in [2.24, 2.45) is 0 Å². The first-order valence-electron chi connectivity index (χ1n) is 7.76. The second kappa shape index (κ2) is 8.32. The summed E-state index contributed by atoms with van der Waals surface area (Å²) in [5, 5.41) is 17.0. The van der Waals surface area contributed by atoms with E-state index >= 15 is 0 Å². The molecule has 3 aromatic rings. The molecule has 0 amide bonds. The highest BCUT2D eigenvalue weighted by molar-refractivity contribution is 7.81. The van der Waals surface area contributed by atoms with Crippen molar-refractivity contribution in [3.63, 3.8) is 0 Å². The zero-order valence-corrected chi connectivity index (χ0v) is 15.9. The zero-order valence-electron chi connectivity index (χ0n) is 13.5.